The molecule has 0 saturated heterocycles. The zero-order valence-electron chi connectivity index (χ0n) is 8.69. The highest BCUT2D eigenvalue weighted by Crippen LogP contribution is 2.12. The maximum Gasteiger partial charge on any atom is 0.339 e. The fourth-order valence-electron chi connectivity index (χ4n) is 1.25. The van der Waals surface area contributed by atoms with E-state index in [1.54, 1.807) is 13.8 Å². The molecule has 0 fully saturated rings. The molecule has 0 aliphatic rings. The van der Waals surface area contributed by atoms with Crippen molar-refractivity contribution in [3.05, 3.63) is 28.2 Å². The smallest absolute Gasteiger partial charge is 0.339 e. The van der Waals surface area contributed by atoms with Crippen molar-refractivity contribution >= 4 is 5.97 Å². The zero-order chi connectivity index (χ0) is 11.4. The molecule has 82 valence electrons. The van der Waals surface area contributed by atoms with Crippen molar-refractivity contribution in [2.75, 3.05) is 6.61 Å². The van der Waals surface area contributed by atoms with Crippen molar-refractivity contribution in [1.82, 2.24) is 4.57 Å². The summed E-state index contributed by atoms with van der Waals surface area (Å²) in [6, 6.07) is 1.37. The Bertz CT molecular complexity index is 422. The van der Waals surface area contributed by atoms with E-state index in [0.29, 0.717) is 6.54 Å². The predicted octanol–water partition coefficient (Wildman–Crippen LogP) is 0.965. The van der Waals surface area contributed by atoms with Gasteiger partial charge in [0.1, 0.15) is 5.56 Å². The molecule has 1 aromatic heterocycles. The summed E-state index contributed by atoms with van der Waals surface area (Å²) in [6.07, 6.45) is 1.45. The lowest BCUT2D eigenvalue weighted by Gasteiger charge is -2.09. The van der Waals surface area contributed by atoms with Crippen LogP contribution in [-0.2, 0) is 6.54 Å². The van der Waals surface area contributed by atoms with E-state index >= 15 is 0 Å². The molecule has 0 aromatic carbocycles. The van der Waals surface area contributed by atoms with Gasteiger partial charge in [0.25, 0.3) is 5.56 Å². The van der Waals surface area contributed by atoms with Gasteiger partial charge < -0.3 is 14.4 Å². The predicted molar refractivity (Wildman–Crippen MR) is 54.5 cm³/mol. The number of ether oxygens (including phenoxy) is 1. The molecule has 0 aliphatic carbocycles. The number of hydrogen-bond donors (Lipinski definition) is 1. The van der Waals surface area contributed by atoms with Crippen LogP contribution in [0.1, 0.15) is 24.2 Å². The molecule has 5 heteroatoms. The minimum atomic E-state index is -1.15. The van der Waals surface area contributed by atoms with E-state index in [-0.39, 0.29) is 17.9 Å². The Morgan fingerprint density at radius 3 is 2.67 bits per heavy atom. The van der Waals surface area contributed by atoms with E-state index in [2.05, 4.69) is 0 Å². The minimum absolute atomic E-state index is 0.0886. The van der Waals surface area contributed by atoms with Crippen molar-refractivity contribution in [3.8, 4) is 5.75 Å². The third-order valence-electron chi connectivity index (χ3n) is 1.98. The quantitative estimate of drug-likeness (QED) is 0.805. The number of carbonyl (C=O) groups is 1. The van der Waals surface area contributed by atoms with Gasteiger partial charge in [0, 0.05) is 12.7 Å². The lowest BCUT2D eigenvalue weighted by Crippen LogP contribution is -2.23. The van der Waals surface area contributed by atoms with Crippen LogP contribution < -0.4 is 10.3 Å². The van der Waals surface area contributed by atoms with Crippen molar-refractivity contribution in [2.45, 2.75) is 20.4 Å². The van der Waals surface area contributed by atoms with E-state index in [1.807, 2.05) is 0 Å². The number of aromatic carboxylic acids is 1. The van der Waals surface area contributed by atoms with E-state index in [9.17, 15) is 9.59 Å². The average molecular weight is 211 g/mol. The van der Waals surface area contributed by atoms with E-state index in [0.717, 1.165) is 0 Å². The maximum absolute atomic E-state index is 11.7. The highest BCUT2D eigenvalue weighted by molar-refractivity contribution is 5.90. The summed E-state index contributed by atoms with van der Waals surface area (Å²) in [5.41, 5.74) is -0.495. The molecule has 15 heavy (non-hydrogen) atoms. The lowest BCUT2D eigenvalue weighted by molar-refractivity contribution is 0.0692. The first-order valence-electron chi connectivity index (χ1n) is 4.71. The molecule has 0 bridgehead atoms. The molecule has 0 spiro atoms. The largest absolute Gasteiger partial charge is 0.487 e. The van der Waals surface area contributed by atoms with Gasteiger partial charge in [0.2, 0.25) is 0 Å². The Balaban J connectivity index is 3.37. The number of aryl methyl sites for hydroxylation is 1. The van der Waals surface area contributed by atoms with Crippen molar-refractivity contribution in [3.63, 3.8) is 0 Å². The van der Waals surface area contributed by atoms with Crippen LogP contribution in [0.15, 0.2) is 17.1 Å². The van der Waals surface area contributed by atoms with Gasteiger partial charge in [-0.2, -0.15) is 0 Å². The molecule has 1 aromatic rings. The van der Waals surface area contributed by atoms with Gasteiger partial charge in [0.05, 0.1) is 6.61 Å². The number of rotatable bonds is 4. The fourth-order valence-corrected chi connectivity index (χ4v) is 1.25. The first-order chi connectivity index (χ1) is 7.11. The minimum Gasteiger partial charge on any atom is -0.487 e. The molecular formula is C10H13NO4. The Morgan fingerprint density at radius 1 is 1.53 bits per heavy atom. The summed E-state index contributed by atoms with van der Waals surface area (Å²) in [5.74, 6) is -1.24. The lowest BCUT2D eigenvalue weighted by atomic mass is 10.2. The normalized spacial score (nSPS) is 10.0. The molecule has 0 saturated carbocycles. The fraction of sp³-hybridized carbons (Fsp3) is 0.400. The Morgan fingerprint density at radius 2 is 2.20 bits per heavy atom. The summed E-state index contributed by atoms with van der Waals surface area (Å²) >= 11 is 0. The average Bonchev–Trinajstić information content (AvgIpc) is 2.20. The molecule has 0 atom stereocenters. The van der Waals surface area contributed by atoms with E-state index < -0.39 is 11.5 Å². The van der Waals surface area contributed by atoms with Gasteiger partial charge in [-0.25, -0.2) is 4.79 Å². The van der Waals surface area contributed by atoms with Crippen LogP contribution >= 0.6 is 0 Å². The summed E-state index contributed by atoms with van der Waals surface area (Å²) in [6.45, 7) is 4.26. The Kier molecular flexibility index (Phi) is 3.49. The first kappa shape index (κ1) is 11.3. The summed E-state index contributed by atoms with van der Waals surface area (Å²) in [7, 11) is 0. The molecule has 0 amide bonds. The van der Waals surface area contributed by atoms with Crippen molar-refractivity contribution in [2.24, 2.45) is 0 Å². The van der Waals surface area contributed by atoms with Crippen LogP contribution in [0.4, 0.5) is 0 Å². The molecule has 0 aliphatic heterocycles. The van der Waals surface area contributed by atoms with Gasteiger partial charge in [-0.15, -0.1) is 0 Å². The number of carboxylic acid groups (broad SMARTS) is 1. The van der Waals surface area contributed by atoms with Gasteiger partial charge in [-0.3, -0.25) is 4.79 Å². The summed E-state index contributed by atoms with van der Waals surface area (Å²) in [5, 5.41) is 8.85. The SMILES string of the molecule is CCOc1c(C(=O)O)ccn(CC)c1=O. The highest BCUT2D eigenvalue weighted by atomic mass is 16.5. The van der Waals surface area contributed by atoms with Crippen LogP contribution in [0.2, 0.25) is 0 Å². The van der Waals surface area contributed by atoms with E-state index in [1.165, 1.54) is 16.8 Å². The molecule has 0 unspecified atom stereocenters. The third-order valence-corrected chi connectivity index (χ3v) is 1.98. The second kappa shape index (κ2) is 4.63. The monoisotopic (exact) mass is 211 g/mol. The standard InChI is InChI=1S/C10H13NO4/c1-3-11-6-5-7(10(13)14)8(9(11)12)15-4-2/h5-6H,3-4H2,1-2H3,(H,13,14). The molecular weight excluding hydrogens is 198 g/mol. The van der Waals surface area contributed by atoms with Gasteiger partial charge in [-0.1, -0.05) is 0 Å². The molecule has 5 nitrogen and oxygen atoms in total. The highest BCUT2D eigenvalue weighted by Gasteiger charge is 2.15. The van der Waals surface area contributed by atoms with Crippen LogP contribution in [0.5, 0.6) is 5.75 Å². The number of pyridine rings is 1. The zero-order valence-corrected chi connectivity index (χ0v) is 8.69. The first-order valence-corrected chi connectivity index (χ1v) is 4.71. The molecule has 1 N–H and O–H groups in total. The molecule has 0 radical (unpaired) electrons. The maximum atomic E-state index is 11.7. The van der Waals surface area contributed by atoms with Crippen LogP contribution in [0.3, 0.4) is 0 Å². The second-order valence-corrected chi connectivity index (χ2v) is 2.89. The summed E-state index contributed by atoms with van der Waals surface area (Å²) < 4.78 is 6.46. The summed E-state index contributed by atoms with van der Waals surface area (Å²) in [4.78, 5) is 22.5. The van der Waals surface area contributed by atoms with Crippen LogP contribution in [0.25, 0.3) is 0 Å². The Labute approximate surface area is 86.9 Å². The third kappa shape index (κ3) is 2.18. The Hall–Kier alpha value is -1.78. The second-order valence-electron chi connectivity index (χ2n) is 2.89. The van der Waals surface area contributed by atoms with Crippen molar-refractivity contribution < 1.29 is 14.6 Å². The number of hydrogen-bond acceptors (Lipinski definition) is 3. The molecule has 1 rings (SSSR count). The van der Waals surface area contributed by atoms with Crippen molar-refractivity contribution in [1.29, 1.82) is 0 Å². The van der Waals surface area contributed by atoms with Gasteiger partial charge >= 0.3 is 5.97 Å². The number of nitrogens with zero attached hydrogens (tertiary/aromatic N) is 1. The van der Waals surface area contributed by atoms with Crippen LogP contribution in [-0.4, -0.2) is 22.2 Å². The topological polar surface area (TPSA) is 68.5 Å². The van der Waals surface area contributed by atoms with Gasteiger partial charge in [0.15, 0.2) is 5.75 Å². The number of carboxylic acids is 1. The van der Waals surface area contributed by atoms with Gasteiger partial charge in [-0.05, 0) is 19.9 Å². The number of aromatic nitrogens is 1. The van der Waals surface area contributed by atoms with Crippen LogP contribution in [0, 0.1) is 0 Å². The molecule has 1 heterocycles. The van der Waals surface area contributed by atoms with E-state index in [4.69, 9.17) is 9.84 Å².